The Labute approximate surface area is 132 Å². The molecule has 0 unspecified atom stereocenters. The van der Waals surface area contributed by atoms with Crippen LogP contribution in [0, 0.1) is 16.4 Å². The number of nitrogens with zero attached hydrogens (tertiary/aromatic N) is 2. The van der Waals surface area contributed by atoms with Crippen LogP contribution >= 0.6 is 28.1 Å². The zero-order chi connectivity index (χ0) is 15.0. The highest BCUT2D eigenvalue weighted by atomic mass is 79.9. The number of aromatic amines is 1. The average molecular weight is 370 g/mol. The van der Waals surface area contributed by atoms with Crippen LogP contribution in [-0.4, -0.2) is 14.5 Å². The molecule has 3 aromatic rings. The van der Waals surface area contributed by atoms with E-state index < -0.39 is 11.6 Å². The number of rotatable bonds is 3. The van der Waals surface area contributed by atoms with Crippen LogP contribution in [0.1, 0.15) is 5.56 Å². The number of halogens is 3. The van der Waals surface area contributed by atoms with E-state index in [9.17, 15) is 8.78 Å². The van der Waals surface area contributed by atoms with Crippen molar-refractivity contribution in [1.29, 1.82) is 0 Å². The Hall–Kier alpha value is -1.60. The summed E-state index contributed by atoms with van der Waals surface area (Å²) in [6.45, 7) is 0.496. The molecule has 0 aliphatic carbocycles. The highest BCUT2D eigenvalue weighted by molar-refractivity contribution is 9.10. The van der Waals surface area contributed by atoms with Crippen molar-refractivity contribution in [3.63, 3.8) is 0 Å². The minimum atomic E-state index is -0.574. The molecule has 3 nitrogen and oxygen atoms in total. The maximum Gasteiger partial charge on any atom is 0.179 e. The molecule has 0 radical (unpaired) electrons. The van der Waals surface area contributed by atoms with E-state index in [1.165, 1.54) is 12.1 Å². The van der Waals surface area contributed by atoms with Gasteiger partial charge in [-0.25, -0.2) is 13.8 Å². The molecule has 0 atom stereocenters. The Balaban J connectivity index is 1.91. The third-order valence-electron chi connectivity index (χ3n) is 3.12. The number of imidazole rings is 1. The van der Waals surface area contributed by atoms with Crippen LogP contribution in [0.25, 0.3) is 11.2 Å². The van der Waals surface area contributed by atoms with Gasteiger partial charge in [0.25, 0.3) is 0 Å². The number of fused-ring (bicyclic) bond motifs is 1. The number of aromatic nitrogens is 3. The molecule has 108 valence electrons. The Morgan fingerprint density at radius 1 is 1.19 bits per heavy atom. The highest BCUT2D eigenvalue weighted by Gasteiger charge is 2.07. The summed E-state index contributed by atoms with van der Waals surface area (Å²) in [5.41, 5.74) is 2.13. The number of nitrogens with one attached hydrogen (secondary N) is 1. The lowest BCUT2D eigenvalue weighted by atomic mass is 10.1. The van der Waals surface area contributed by atoms with E-state index in [4.69, 9.17) is 12.2 Å². The normalized spacial score (nSPS) is 11.2. The summed E-state index contributed by atoms with van der Waals surface area (Å²) in [6.07, 6.45) is 2.15. The first kappa shape index (κ1) is 14.3. The van der Waals surface area contributed by atoms with Gasteiger partial charge >= 0.3 is 0 Å². The lowest BCUT2D eigenvalue weighted by Gasteiger charge is -2.05. The number of H-pyrrole nitrogens is 1. The third-order valence-corrected chi connectivity index (χ3v) is 3.88. The SMILES string of the molecule is Fc1cc(F)cc(CCn2c(=S)[nH]c3cc(Br)cnc32)c1. The van der Waals surface area contributed by atoms with Gasteiger partial charge in [-0.1, -0.05) is 0 Å². The fourth-order valence-corrected chi connectivity index (χ4v) is 2.84. The zero-order valence-electron chi connectivity index (χ0n) is 10.7. The first-order valence-corrected chi connectivity index (χ1v) is 7.42. The van der Waals surface area contributed by atoms with Gasteiger partial charge in [0.05, 0.1) is 5.52 Å². The van der Waals surface area contributed by atoms with Crippen molar-refractivity contribution >= 4 is 39.3 Å². The number of aryl methyl sites for hydroxylation is 2. The summed E-state index contributed by atoms with van der Waals surface area (Å²) < 4.78 is 29.6. The molecular weight excluding hydrogens is 360 g/mol. The van der Waals surface area contributed by atoms with Gasteiger partial charge in [-0.3, -0.25) is 0 Å². The number of hydrogen-bond acceptors (Lipinski definition) is 2. The lowest BCUT2D eigenvalue weighted by Crippen LogP contribution is -2.03. The molecule has 7 heteroatoms. The van der Waals surface area contributed by atoms with E-state index >= 15 is 0 Å². The fraction of sp³-hybridized carbons (Fsp3) is 0.143. The first-order chi connectivity index (χ1) is 10.0. The van der Waals surface area contributed by atoms with Crippen LogP contribution in [0.3, 0.4) is 0 Å². The second-order valence-corrected chi connectivity index (χ2v) is 5.94. The van der Waals surface area contributed by atoms with Crippen LogP contribution in [-0.2, 0) is 13.0 Å². The van der Waals surface area contributed by atoms with Crippen LogP contribution in [0.15, 0.2) is 34.9 Å². The summed E-state index contributed by atoms with van der Waals surface area (Å²) in [6, 6.07) is 5.40. The zero-order valence-corrected chi connectivity index (χ0v) is 13.1. The summed E-state index contributed by atoms with van der Waals surface area (Å²) in [4.78, 5) is 7.38. The van der Waals surface area contributed by atoms with Crippen LogP contribution in [0.5, 0.6) is 0 Å². The standard InChI is InChI=1S/C14H10BrF2N3S/c15-9-5-12-13(18-7-9)20(14(21)19-12)2-1-8-3-10(16)6-11(17)4-8/h3-7H,1-2H2,(H,19,21). The molecule has 1 N–H and O–H groups in total. The summed E-state index contributed by atoms with van der Waals surface area (Å²) >= 11 is 8.62. The maximum atomic E-state index is 13.2. The smallest absolute Gasteiger partial charge is 0.179 e. The molecule has 0 fully saturated rings. The number of hydrogen-bond donors (Lipinski definition) is 1. The third kappa shape index (κ3) is 3.03. The molecule has 0 saturated carbocycles. The fourth-order valence-electron chi connectivity index (χ4n) is 2.22. The molecule has 0 saturated heterocycles. The quantitative estimate of drug-likeness (QED) is 0.695. The first-order valence-electron chi connectivity index (χ1n) is 6.22. The Morgan fingerprint density at radius 3 is 2.62 bits per heavy atom. The maximum absolute atomic E-state index is 13.2. The molecule has 1 aromatic carbocycles. The minimum Gasteiger partial charge on any atom is -0.329 e. The van der Waals surface area contributed by atoms with E-state index in [1.54, 1.807) is 6.20 Å². The van der Waals surface area contributed by atoms with Gasteiger partial charge < -0.3 is 9.55 Å². The van der Waals surface area contributed by atoms with Gasteiger partial charge in [0.2, 0.25) is 0 Å². The van der Waals surface area contributed by atoms with E-state index in [0.717, 1.165) is 21.7 Å². The predicted octanol–water partition coefficient (Wildman–Crippen LogP) is 4.38. The molecule has 3 rings (SSSR count). The molecular formula is C14H10BrF2N3S. The van der Waals surface area contributed by atoms with Crippen LogP contribution in [0.4, 0.5) is 8.78 Å². The Kier molecular flexibility index (Phi) is 3.86. The topological polar surface area (TPSA) is 33.6 Å². The van der Waals surface area contributed by atoms with Gasteiger partial charge in [-0.05, 0) is 58.3 Å². The van der Waals surface area contributed by atoms with E-state index in [-0.39, 0.29) is 0 Å². The second kappa shape index (κ2) is 5.65. The summed E-state index contributed by atoms with van der Waals surface area (Å²) in [5, 5.41) is 0. The molecule has 2 aromatic heterocycles. The molecule has 0 amide bonds. The van der Waals surface area contributed by atoms with Gasteiger partial charge in [0.1, 0.15) is 11.6 Å². The summed E-state index contributed by atoms with van der Waals surface area (Å²) in [7, 11) is 0. The van der Waals surface area contributed by atoms with Gasteiger partial charge in [-0.2, -0.15) is 0 Å². The van der Waals surface area contributed by atoms with Crippen molar-refractivity contribution in [2.45, 2.75) is 13.0 Å². The minimum absolute atomic E-state index is 0.466. The van der Waals surface area contributed by atoms with E-state index in [1.807, 2.05) is 10.6 Å². The van der Waals surface area contributed by atoms with Gasteiger partial charge in [-0.15, -0.1) is 0 Å². The molecule has 21 heavy (non-hydrogen) atoms. The molecule has 0 aliphatic rings. The van der Waals surface area contributed by atoms with Gasteiger partial charge in [0, 0.05) is 23.3 Å². The largest absolute Gasteiger partial charge is 0.329 e. The van der Waals surface area contributed by atoms with E-state index in [0.29, 0.717) is 23.3 Å². The average Bonchev–Trinajstić information content (AvgIpc) is 2.70. The van der Waals surface area contributed by atoms with Crippen LogP contribution in [0.2, 0.25) is 0 Å². The number of pyridine rings is 1. The molecule has 0 aliphatic heterocycles. The lowest BCUT2D eigenvalue weighted by molar-refractivity contribution is 0.576. The second-order valence-electron chi connectivity index (χ2n) is 4.63. The van der Waals surface area contributed by atoms with Crippen molar-refractivity contribution in [2.75, 3.05) is 0 Å². The Bertz CT molecular complexity index is 852. The van der Waals surface area contributed by atoms with Crippen molar-refractivity contribution < 1.29 is 8.78 Å². The monoisotopic (exact) mass is 369 g/mol. The van der Waals surface area contributed by atoms with Crippen LogP contribution < -0.4 is 0 Å². The van der Waals surface area contributed by atoms with E-state index in [2.05, 4.69) is 25.9 Å². The van der Waals surface area contributed by atoms with Gasteiger partial charge in [0.15, 0.2) is 10.4 Å². The summed E-state index contributed by atoms with van der Waals surface area (Å²) in [5.74, 6) is -1.15. The molecule has 0 spiro atoms. The van der Waals surface area contributed by atoms with Crippen molar-refractivity contribution in [1.82, 2.24) is 14.5 Å². The Morgan fingerprint density at radius 2 is 1.90 bits per heavy atom. The number of benzene rings is 1. The van der Waals surface area contributed by atoms with Crippen molar-refractivity contribution in [3.8, 4) is 0 Å². The van der Waals surface area contributed by atoms with Crippen molar-refractivity contribution in [2.24, 2.45) is 0 Å². The van der Waals surface area contributed by atoms with Crippen molar-refractivity contribution in [3.05, 3.63) is 56.9 Å². The predicted molar refractivity (Wildman–Crippen MR) is 82.7 cm³/mol. The molecule has 0 bridgehead atoms. The highest BCUT2D eigenvalue weighted by Crippen LogP contribution is 2.18. The molecule has 2 heterocycles.